The molecule has 0 spiro atoms. The third-order valence-corrected chi connectivity index (χ3v) is 2.75. The molecule has 7 nitrogen and oxygen atoms in total. The van der Waals surface area contributed by atoms with Gasteiger partial charge in [-0.1, -0.05) is 9.84 Å². The van der Waals surface area contributed by atoms with Crippen molar-refractivity contribution in [1.82, 2.24) is 10.3 Å². The van der Waals surface area contributed by atoms with Gasteiger partial charge in [-0.3, -0.25) is 0 Å². The summed E-state index contributed by atoms with van der Waals surface area (Å²) in [5.41, 5.74) is 0.726. The normalized spacial score (nSPS) is 11.6. The molecule has 0 fully saturated rings. The smallest absolute Gasteiger partial charge is 0.197 e. The first-order chi connectivity index (χ1) is 8.04. The van der Waals surface area contributed by atoms with Crippen molar-refractivity contribution in [2.75, 3.05) is 5.75 Å². The Balaban J connectivity index is 2.09. The van der Waals surface area contributed by atoms with Crippen LogP contribution < -0.4 is 4.68 Å². The fourth-order valence-electron chi connectivity index (χ4n) is 1.23. The lowest BCUT2D eigenvalue weighted by molar-refractivity contribution is -0.750. The van der Waals surface area contributed by atoms with Crippen molar-refractivity contribution in [3.63, 3.8) is 0 Å². The van der Waals surface area contributed by atoms with Crippen LogP contribution in [-0.4, -0.2) is 29.0 Å². The van der Waals surface area contributed by atoms with E-state index in [2.05, 4.69) is 10.3 Å². The van der Waals surface area contributed by atoms with Crippen LogP contribution in [0.15, 0.2) is 35.2 Å². The first kappa shape index (κ1) is 11.7. The number of nitrogens with zero attached hydrogens (tertiary/aromatic N) is 3. The zero-order valence-corrected chi connectivity index (χ0v) is 9.50. The predicted molar refractivity (Wildman–Crippen MR) is 54.5 cm³/mol. The van der Waals surface area contributed by atoms with E-state index in [-0.39, 0.29) is 6.54 Å². The highest BCUT2D eigenvalue weighted by Crippen LogP contribution is 2.14. The van der Waals surface area contributed by atoms with Crippen molar-refractivity contribution in [1.29, 1.82) is 0 Å². The van der Waals surface area contributed by atoms with Crippen LogP contribution in [0.3, 0.4) is 0 Å². The van der Waals surface area contributed by atoms with Crippen molar-refractivity contribution in [3.05, 3.63) is 30.7 Å². The molecule has 0 radical (unpaired) electrons. The van der Waals surface area contributed by atoms with E-state index in [9.17, 15) is 13.0 Å². The van der Waals surface area contributed by atoms with E-state index in [4.69, 9.17) is 4.52 Å². The van der Waals surface area contributed by atoms with Gasteiger partial charge >= 0.3 is 0 Å². The molecule has 0 bridgehead atoms. The molecule has 17 heavy (non-hydrogen) atoms. The van der Waals surface area contributed by atoms with Gasteiger partial charge in [0.15, 0.2) is 18.5 Å². The van der Waals surface area contributed by atoms with E-state index < -0.39 is 15.9 Å². The molecular formula is C9H9N3O4S. The summed E-state index contributed by atoms with van der Waals surface area (Å²) < 4.78 is 37.6. The summed E-state index contributed by atoms with van der Waals surface area (Å²) in [4.78, 5) is 0. The fourth-order valence-corrected chi connectivity index (χ4v) is 1.64. The van der Waals surface area contributed by atoms with Crippen LogP contribution in [0.1, 0.15) is 0 Å². The third-order valence-electron chi connectivity index (χ3n) is 2.06. The first-order valence-electron chi connectivity index (χ1n) is 4.75. The van der Waals surface area contributed by atoms with Gasteiger partial charge in [0.2, 0.25) is 0 Å². The maximum Gasteiger partial charge on any atom is 0.197 e. The Kier molecular flexibility index (Phi) is 3.16. The van der Waals surface area contributed by atoms with Gasteiger partial charge in [0, 0.05) is 12.1 Å². The van der Waals surface area contributed by atoms with Crippen LogP contribution in [-0.2, 0) is 16.7 Å². The van der Waals surface area contributed by atoms with Gasteiger partial charge in [0.05, 0.1) is 17.5 Å². The minimum Gasteiger partial charge on any atom is -0.748 e. The molecular weight excluding hydrogens is 246 g/mol. The molecule has 0 atom stereocenters. The van der Waals surface area contributed by atoms with Crippen molar-refractivity contribution >= 4 is 10.1 Å². The largest absolute Gasteiger partial charge is 0.748 e. The minimum atomic E-state index is -4.22. The Morgan fingerprint density at radius 2 is 2.24 bits per heavy atom. The second kappa shape index (κ2) is 4.60. The van der Waals surface area contributed by atoms with Gasteiger partial charge in [-0.2, -0.15) is 0 Å². The van der Waals surface area contributed by atoms with Crippen molar-refractivity contribution in [3.8, 4) is 11.3 Å². The molecule has 2 rings (SSSR count). The molecule has 2 heterocycles. The van der Waals surface area contributed by atoms with Crippen molar-refractivity contribution in [2.24, 2.45) is 0 Å². The highest BCUT2D eigenvalue weighted by atomic mass is 32.2. The number of aryl methyl sites for hydroxylation is 1. The Bertz CT molecular complexity index is 577. The summed E-state index contributed by atoms with van der Waals surface area (Å²) in [7, 11) is -4.22. The summed E-state index contributed by atoms with van der Waals surface area (Å²) in [6.45, 7) is 0.0303. The highest BCUT2D eigenvalue weighted by molar-refractivity contribution is 7.85. The average Bonchev–Trinajstić information content (AvgIpc) is 2.79. The topological polar surface area (TPSA) is 100 Å². The number of aromatic nitrogens is 3. The lowest BCUT2D eigenvalue weighted by Crippen LogP contribution is -2.40. The Labute approximate surface area is 97.4 Å². The van der Waals surface area contributed by atoms with Gasteiger partial charge in [0.25, 0.3) is 0 Å². The van der Waals surface area contributed by atoms with Crippen LogP contribution in [0.25, 0.3) is 11.3 Å². The molecule has 0 unspecified atom stereocenters. The zero-order valence-electron chi connectivity index (χ0n) is 8.68. The Hall–Kier alpha value is -1.80. The molecule has 2 aromatic heterocycles. The molecule has 0 aliphatic rings. The number of rotatable bonds is 4. The summed E-state index contributed by atoms with van der Waals surface area (Å²) >= 11 is 0. The molecule has 0 aliphatic heterocycles. The van der Waals surface area contributed by atoms with Crippen LogP contribution >= 0.6 is 0 Å². The van der Waals surface area contributed by atoms with Gasteiger partial charge in [0.1, 0.15) is 16.3 Å². The van der Waals surface area contributed by atoms with Crippen LogP contribution in [0.5, 0.6) is 0 Å². The molecule has 0 amide bonds. The van der Waals surface area contributed by atoms with Gasteiger partial charge in [-0.05, 0) is 5.10 Å². The maximum atomic E-state index is 10.4. The number of hydrogen-bond acceptors (Lipinski definition) is 6. The fraction of sp³-hybridized carbons (Fsp3) is 0.222. The lowest BCUT2D eigenvalue weighted by atomic mass is 10.2. The maximum absolute atomic E-state index is 10.4. The minimum absolute atomic E-state index is 0.0303. The summed E-state index contributed by atoms with van der Waals surface area (Å²) in [6.07, 6.45) is 4.60. The highest BCUT2D eigenvalue weighted by Gasteiger charge is 2.08. The Morgan fingerprint density at radius 3 is 2.76 bits per heavy atom. The molecule has 8 heteroatoms. The predicted octanol–water partition coefficient (Wildman–Crippen LogP) is -0.431. The van der Waals surface area contributed by atoms with E-state index in [1.54, 1.807) is 18.3 Å². The van der Waals surface area contributed by atoms with Crippen LogP contribution in [0.2, 0.25) is 0 Å². The number of hydrogen-bond donors (Lipinski definition) is 0. The van der Waals surface area contributed by atoms with E-state index in [1.165, 1.54) is 17.1 Å². The standard InChI is InChI=1S/C9H9N3O4S/c13-17(14,15)6-5-12-4-2-8(7-10-12)9-1-3-11-16-9/h1-4,7H,5-6H2. The van der Waals surface area contributed by atoms with Crippen molar-refractivity contribution < 1.29 is 22.2 Å². The second-order valence-corrected chi connectivity index (χ2v) is 4.84. The summed E-state index contributed by atoms with van der Waals surface area (Å²) in [5.74, 6) is 0.0906. The molecule has 0 N–H and O–H groups in total. The van der Waals surface area contributed by atoms with Gasteiger partial charge < -0.3 is 9.08 Å². The molecule has 0 saturated carbocycles. The van der Waals surface area contributed by atoms with Gasteiger partial charge in [-0.15, -0.1) is 0 Å². The molecule has 90 valence electrons. The van der Waals surface area contributed by atoms with Gasteiger partial charge in [-0.25, -0.2) is 8.42 Å². The SMILES string of the molecule is O=S(=O)([O-])CC[n+]1ccc(-c2ccno2)cn1. The summed E-state index contributed by atoms with van der Waals surface area (Å²) in [6, 6.07) is 3.38. The quantitative estimate of drug-likeness (QED) is 0.543. The first-order valence-corrected chi connectivity index (χ1v) is 6.33. The molecule has 0 saturated heterocycles. The molecule has 2 aromatic rings. The molecule has 0 aliphatic carbocycles. The monoisotopic (exact) mass is 255 g/mol. The molecule has 0 aromatic carbocycles. The average molecular weight is 255 g/mol. The zero-order chi connectivity index (χ0) is 12.3. The van der Waals surface area contributed by atoms with E-state index in [1.807, 2.05) is 0 Å². The van der Waals surface area contributed by atoms with Crippen LogP contribution in [0, 0.1) is 0 Å². The van der Waals surface area contributed by atoms with E-state index in [0.29, 0.717) is 5.76 Å². The lowest BCUT2D eigenvalue weighted by Gasteiger charge is -2.02. The summed E-state index contributed by atoms with van der Waals surface area (Å²) in [5, 5.41) is 7.52. The Morgan fingerprint density at radius 1 is 1.41 bits per heavy atom. The van der Waals surface area contributed by atoms with E-state index in [0.717, 1.165) is 5.56 Å². The van der Waals surface area contributed by atoms with Crippen LogP contribution in [0.4, 0.5) is 0 Å². The third kappa shape index (κ3) is 3.33. The van der Waals surface area contributed by atoms with Crippen molar-refractivity contribution in [2.45, 2.75) is 6.54 Å². The second-order valence-electron chi connectivity index (χ2n) is 3.32. The van der Waals surface area contributed by atoms with E-state index >= 15 is 0 Å².